The van der Waals surface area contributed by atoms with Gasteiger partial charge in [-0.25, -0.2) is 0 Å². The van der Waals surface area contributed by atoms with E-state index in [2.05, 4.69) is 21.5 Å². The lowest BCUT2D eigenvalue weighted by Gasteiger charge is -2.02. The van der Waals surface area contributed by atoms with Crippen molar-refractivity contribution in [3.63, 3.8) is 0 Å². The van der Waals surface area contributed by atoms with Crippen LogP contribution in [0.15, 0.2) is 46.3 Å². The van der Waals surface area contributed by atoms with E-state index >= 15 is 0 Å². The van der Waals surface area contributed by atoms with Gasteiger partial charge in [0.15, 0.2) is 0 Å². The lowest BCUT2D eigenvalue weighted by Crippen LogP contribution is -2.15. The molecule has 2 aromatic heterocycles. The molecule has 0 radical (unpaired) electrons. The van der Waals surface area contributed by atoms with E-state index in [1.54, 1.807) is 11.3 Å². The average Bonchev–Trinajstić information content (AvgIpc) is 3.03. The number of amides is 1. The van der Waals surface area contributed by atoms with Crippen molar-refractivity contribution < 1.29 is 14.1 Å². The first kappa shape index (κ1) is 15.8. The number of rotatable bonds is 6. The summed E-state index contributed by atoms with van der Waals surface area (Å²) in [4.78, 5) is 17.8. The van der Waals surface area contributed by atoms with Crippen molar-refractivity contribution in [2.45, 2.75) is 19.3 Å². The summed E-state index contributed by atoms with van der Waals surface area (Å²) >= 11 is 1.69. The highest BCUT2D eigenvalue weighted by Gasteiger charge is 2.44. The van der Waals surface area contributed by atoms with Gasteiger partial charge in [-0.05, 0) is 54.2 Å². The molecule has 7 heteroatoms. The van der Waals surface area contributed by atoms with E-state index in [-0.39, 0.29) is 17.8 Å². The molecule has 2 unspecified atom stereocenters. The number of carbonyl (C=O) groups excluding carboxylic acids is 1. The van der Waals surface area contributed by atoms with Gasteiger partial charge in [-0.2, -0.15) is 4.98 Å². The van der Waals surface area contributed by atoms with Gasteiger partial charge in [-0.15, -0.1) is 11.3 Å². The van der Waals surface area contributed by atoms with Crippen LogP contribution in [-0.2, 0) is 4.79 Å². The van der Waals surface area contributed by atoms with Crippen LogP contribution in [0.5, 0.6) is 5.75 Å². The second-order valence-electron chi connectivity index (χ2n) is 5.83. The van der Waals surface area contributed by atoms with Gasteiger partial charge in [-0.1, -0.05) is 6.07 Å². The molecule has 1 aromatic carbocycles. The fourth-order valence-electron chi connectivity index (χ4n) is 2.76. The number of aromatic nitrogens is 2. The Morgan fingerprint density at radius 2 is 2.20 bits per heavy atom. The van der Waals surface area contributed by atoms with Crippen molar-refractivity contribution in [1.29, 1.82) is 0 Å². The predicted molar refractivity (Wildman–Crippen MR) is 94.7 cm³/mol. The van der Waals surface area contributed by atoms with Crippen LogP contribution in [0.25, 0.3) is 11.5 Å². The zero-order valence-electron chi connectivity index (χ0n) is 13.6. The third-order valence-electron chi connectivity index (χ3n) is 4.11. The fraction of sp³-hybridized carbons (Fsp3) is 0.278. The Kier molecular flexibility index (Phi) is 4.23. The van der Waals surface area contributed by atoms with Gasteiger partial charge in [0.05, 0.1) is 6.61 Å². The van der Waals surface area contributed by atoms with Crippen LogP contribution in [0.4, 0.5) is 5.95 Å². The molecule has 0 saturated heterocycles. The van der Waals surface area contributed by atoms with Crippen molar-refractivity contribution >= 4 is 23.2 Å². The first-order chi connectivity index (χ1) is 12.2. The first-order valence-corrected chi connectivity index (χ1v) is 9.03. The van der Waals surface area contributed by atoms with E-state index in [1.165, 1.54) is 4.88 Å². The second kappa shape index (κ2) is 6.68. The molecule has 1 N–H and O–H groups in total. The lowest BCUT2D eigenvalue weighted by atomic mass is 10.2. The normalized spacial score (nSPS) is 18.8. The monoisotopic (exact) mass is 355 g/mol. The quantitative estimate of drug-likeness (QED) is 0.725. The van der Waals surface area contributed by atoms with Gasteiger partial charge in [-0.3, -0.25) is 10.1 Å². The van der Waals surface area contributed by atoms with E-state index in [9.17, 15) is 4.79 Å². The number of hydrogen-bond acceptors (Lipinski definition) is 6. The van der Waals surface area contributed by atoms with Gasteiger partial charge in [0.25, 0.3) is 11.8 Å². The zero-order valence-corrected chi connectivity index (χ0v) is 14.5. The molecule has 2 atom stereocenters. The standard InChI is InChI=1S/C18H17N3O3S/c1-2-23-12-7-5-11(6-8-12)17-20-18(21-24-17)19-16(22)14-10-13(14)15-4-3-9-25-15/h3-9,13-14H,2,10H2,1H3,(H,19,21,22). The van der Waals surface area contributed by atoms with Crippen LogP contribution in [0.2, 0.25) is 0 Å². The highest BCUT2D eigenvalue weighted by Crippen LogP contribution is 2.49. The van der Waals surface area contributed by atoms with Crippen molar-refractivity contribution in [3.8, 4) is 17.2 Å². The molecule has 0 spiro atoms. The maximum atomic E-state index is 12.3. The third kappa shape index (κ3) is 3.41. The number of anilines is 1. The maximum absolute atomic E-state index is 12.3. The molecule has 6 nitrogen and oxygen atoms in total. The summed E-state index contributed by atoms with van der Waals surface area (Å²) in [5.74, 6) is 1.60. The molecule has 1 amide bonds. The summed E-state index contributed by atoms with van der Waals surface area (Å²) in [6.07, 6.45) is 0.871. The molecular weight excluding hydrogens is 338 g/mol. The van der Waals surface area contributed by atoms with Crippen LogP contribution in [-0.4, -0.2) is 22.7 Å². The molecule has 4 rings (SSSR count). The van der Waals surface area contributed by atoms with Gasteiger partial charge in [0, 0.05) is 22.3 Å². The summed E-state index contributed by atoms with van der Waals surface area (Å²) in [6, 6.07) is 11.5. The molecule has 0 aliphatic heterocycles. The highest BCUT2D eigenvalue weighted by molar-refractivity contribution is 7.10. The Hall–Kier alpha value is -2.67. The first-order valence-electron chi connectivity index (χ1n) is 8.16. The fourth-order valence-corrected chi connectivity index (χ4v) is 3.66. The number of nitrogens with zero attached hydrogens (tertiary/aromatic N) is 2. The minimum absolute atomic E-state index is 0.00826. The van der Waals surface area contributed by atoms with Crippen molar-refractivity contribution in [2.75, 3.05) is 11.9 Å². The topological polar surface area (TPSA) is 77.2 Å². The van der Waals surface area contributed by atoms with Crippen molar-refractivity contribution in [3.05, 3.63) is 46.7 Å². The van der Waals surface area contributed by atoms with Crippen LogP contribution in [0.1, 0.15) is 24.1 Å². The van der Waals surface area contributed by atoms with Crippen LogP contribution in [0, 0.1) is 5.92 Å². The van der Waals surface area contributed by atoms with Gasteiger partial charge in [0.1, 0.15) is 5.75 Å². The van der Waals surface area contributed by atoms with E-state index < -0.39 is 0 Å². The summed E-state index contributed by atoms with van der Waals surface area (Å²) in [6.45, 7) is 2.55. The summed E-state index contributed by atoms with van der Waals surface area (Å²) in [5, 5.41) is 8.62. The molecular formula is C18H17N3O3S. The Balaban J connectivity index is 1.39. The SMILES string of the molecule is CCOc1ccc(-c2nc(NC(=O)C3CC3c3cccs3)no2)cc1. The Morgan fingerprint density at radius 3 is 2.92 bits per heavy atom. The van der Waals surface area contributed by atoms with Crippen molar-refractivity contribution in [2.24, 2.45) is 5.92 Å². The summed E-state index contributed by atoms with van der Waals surface area (Å²) in [7, 11) is 0. The van der Waals surface area contributed by atoms with E-state index in [4.69, 9.17) is 9.26 Å². The van der Waals surface area contributed by atoms with Crippen LogP contribution in [0.3, 0.4) is 0 Å². The molecule has 2 heterocycles. The smallest absolute Gasteiger partial charge is 0.270 e. The molecule has 0 bridgehead atoms. The highest BCUT2D eigenvalue weighted by atomic mass is 32.1. The number of ether oxygens (including phenoxy) is 1. The average molecular weight is 355 g/mol. The summed E-state index contributed by atoms with van der Waals surface area (Å²) < 4.78 is 10.6. The molecule has 1 fully saturated rings. The number of benzene rings is 1. The maximum Gasteiger partial charge on any atom is 0.270 e. The number of nitrogens with one attached hydrogen (secondary N) is 1. The number of carbonyl (C=O) groups is 1. The van der Waals surface area contributed by atoms with E-state index in [0.29, 0.717) is 18.4 Å². The minimum Gasteiger partial charge on any atom is -0.494 e. The van der Waals surface area contributed by atoms with Crippen LogP contribution >= 0.6 is 11.3 Å². The van der Waals surface area contributed by atoms with E-state index in [1.807, 2.05) is 42.6 Å². The van der Waals surface area contributed by atoms with Crippen LogP contribution < -0.4 is 10.1 Å². The predicted octanol–water partition coefficient (Wildman–Crippen LogP) is 3.94. The Bertz CT molecular complexity index is 858. The molecule has 128 valence electrons. The lowest BCUT2D eigenvalue weighted by molar-refractivity contribution is -0.117. The second-order valence-corrected chi connectivity index (χ2v) is 6.81. The molecule has 3 aromatic rings. The number of thiophene rings is 1. The molecule has 25 heavy (non-hydrogen) atoms. The van der Waals surface area contributed by atoms with Gasteiger partial charge >= 0.3 is 0 Å². The molecule has 1 aliphatic rings. The van der Waals surface area contributed by atoms with Gasteiger partial charge in [0.2, 0.25) is 5.91 Å². The largest absolute Gasteiger partial charge is 0.494 e. The number of hydrogen-bond donors (Lipinski definition) is 1. The zero-order chi connectivity index (χ0) is 17.2. The van der Waals surface area contributed by atoms with E-state index in [0.717, 1.165) is 17.7 Å². The Morgan fingerprint density at radius 1 is 1.36 bits per heavy atom. The van der Waals surface area contributed by atoms with Gasteiger partial charge < -0.3 is 9.26 Å². The Labute approximate surface area is 148 Å². The van der Waals surface area contributed by atoms with Crippen molar-refractivity contribution in [1.82, 2.24) is 10.1 Å². The summed E-state index contributed by atoms with van der Waals surface area (Å²) in [5.41, 5.74) is 0.777. The minimum atomic E-state index is -0.0579. The molecule has 1 saturated carbocycles. The molecule has 1 aliphatic carbocycles. The third-order valence-corrected chi connectivity index (χ3v) is 5.11.